The molecular formula is C14H19NO5S. The highest BCUT2D eigenvalue weighted by Gasteiger charge is 2.49. The minimum Gasteiger partial charge on any atom is -0.486 e. The first kappa shape index (κ1) is 14.6. The molecule has 0 bridgehead atoms. The lowest BCUT2D eigenvalue weighted by atomic mass is 9.65. The SMILES string of the molecule is CC1(C)C(O)CC1NS(=O)(=O)c1ccc2c(c1)OCCO2. The molecule has 116 valence electrons. The van der Waals surface area contributed by atoms with Gasteiger partial charge in [0.25, 0.3) is 0 Å². The van der Waals surface area contributed by atoms with Gasteiger partial charge >= 0.3 is 0 Å². The molecule has 1 aromatic rings. The van der Waals surface area contributed by atoms with Gasteiger partial charge in [0.1, 0.15) is 13.2 Å². The monoisotopic (exact) mass is 313 g/mol. The van der Waals surface area contributed by atoms with Gasteiger partial charge in [-0.05, 0) is 18.6 Å². The Labute approximate surface area is 124 Å². The van der Waals surface area contributed by atoms with E-state index in [1.165, 1.54) is 12.1 Å². The zero-order valence-electron chi connectivity index (χ0n) is 12.0. The van der Waals surface area contributed by atoms with Crippen LogP contribution >= 0.6 is 0 Å². The minimum absolute atomic E-state index is 0.143. The van der Waals surface area contributed by atoms with Crippen molar-refractivity contribution >= 4 is 10.0 Å². The lowest BCUT2D eigenvalue weighted by molar-refractivity contribution is -0.0645. The van der Waals surface area contributed by atoms with Crippen LogP contribution in [0.5, 0.6) is 11.5 Å². The van der Waals surface area contributed by atoms with Crippen LogP contribution in [-0.2, 0) is 10.0 Å². The summed E-state index contributed by atoms with van der Waals surface area (Å²) < 4.78 is 38.3. The van der Waals surface area contributed by atoms with Gasteiger partial charge in [-0.2, -0.15) is 0 Å². The van der Waals surface area contributed by atoms with E-state index in [0.717, 1.165) is 0 Å². The van der Waals surface area contributed by atoms with Gasteiger partial charge < -0.3 is 14.6 Å². The van der Waals surface area contributed by atoms with Gasteiger partial charge in [-0.25, -0.2) is 13.1 Å². The number of benzene rings is 1. The molecule has 0 aromatic heterocycles. The van der Waals surface area contributed by atoms with Crippen LogP contribution in [0.4, 0.5) is 0 Å². The van der Waals surface area contributed by atoms with E-state index in [2.05, 4.69) is 4.72 Å². The molecule has 1 heterocycles. The lowest BCUT2D eigenvalue weighted by Gasteiger charge is -2.49. The smallest absolute Gasteiger partial charge is 0.240 e. The van der Waals surface area contributed by atoms with Gasteiger partial charge in [0.15, 0.2) is 11.5 Å². The first-order valence-electron chi connectivity index (χ1n) is 6.91. The van der Waals surface area contributed by atoms with Crippen molar-refractivity contribution in [2.45, 2.75) is 37.3 Å². The van der Waals surface area contributed by atoms with Gasteiger partial charge in [0.2, 0.25) is 10.0 Å². The summed E-state index contributed by atoms with van der Waals surface area (Å²) in [6, 6.07) is 4.30. The van der Waals surface area contributed by atoms with Crippen LogP contribution in [0.15, 0.2) is 23.1 Å². The summed E-state index contributed by atoms with van der Waals surface area (Å²) in [4.78, 5) is 0.143. The van der Waals surface area contributed by atoms with E-state index < -0.39 is 21.5 Å². The maximum Gasteiger partial charge on any atom is 0.240 e. The second kappa shape index (κ2) is 4.86. The largest absolute Gasteiger partial charge is 0.486 e. The van der Waals surface area contributed by atoms with Crippen LogP contribution in [0.2, 0.25) is 0 Å². The van der Waals surface area contributed by atoms with Crippen LogP contribution in [0.25, 0.3) is 0 Å². The number of aliphatic hydroxyl groups is 1. The van der Waals surface area contributed by atoms with Crippen molar-refractivity contribution in [2.24, 2.45) is 5.41 Å². The molecule has 6 nitrogen and oxygen atoms in total. The van der Waals surface area contributed by atoms with Crippen molar-refractivity contribution in [1.29, 1.82) is 0 Å². The second-order valence-corrected chi connectivity index (χ2v) is 7.77. The third-order valence-electron chi connectivity index (χ3n) is 4.34. The average molecular weight is 313 g/mol. The standard InChI is InChI=1S/C14H19NO5S/c1-14(2)12(8-13(14)16)15-21(17,18)9-3-4-10-11(7-9)20-6-5-19-10/h3-4,7,12-13,15-16H,5-6,8H2,1-2H3. The third-order valence-corrected chi connectivity index (χ3v) is 5.81. The zero-order valence-corrected chi connectivity index (χ0v) is 12.8. The molecule has 0 saturated heterocycles. The van der Waals surface area contributed by atoms with E-state index in [-0.39, 0.29) is 10.9 Å². The fraction of sp³-hybridized carbons (Fsp3) is 0.571. The molecule has 2 atom stereocenters. The molecule has 1 fully saturated rings. The molecule has 7 heteroatoms. The number of nitrogens with one attached hydrogen (secondary N) is 1. The maximum atomic E-state index is 12.4. The second-order valence-electron chi connectivity index (χ2n) is 6.05. The molecule has 1 aliphatic heterocycles. The maximum absolute atomic E-state index is 12.4. The topological polar surface area (TPSA) is 84.9 Å². The fourth-order valence-corrected chi connectivity index (χ4v) is 3.97. The summed E-state index contributed by atoms with van der Waals surface area (Å²) in [6.45, 7) is 4.56. The Bertz CT molecular complexity index is 655. The van der Waals surface area contributed by atoms with Gasteiger partial charge in [0, 0.05) is 17.5 Å². The van der Waals surface area contributed by atoms with E-state index >= 15 is 0 Å². The van der Waals surface area contributed by atoms with Crippen LogP contribution in [-0.4, -0.2) is 38.9 Å². The molecule has 1 aromatic carbocycles. The lowest BCUT2D eigenvalue weighted by Crippen LogP contribution is -2.61. The normalized spacial score (nSPS) is 27.0. The van der Waals surface area contributed by atoms with E-state index in [4.69, 9.17) is 9.47 Å². The summed E-state index contributed by atoms with van der Waals surface area (Å²) in [5.74, 6) is 0.997. The number of sulfonamides is 1. The van der Waals surface area contributed by atoms with Gasteiger partial charge in [0.05, 0.1) is 11.0 Å². The predicted molar refractivity (Wildman–Crippen MR) is 75.9 cm³/mol. The molecule has 1 saturated carbocycles. The van der Waals surface area contributed by atoms with E-state index in [0.29, 0.717) is 31.1 Å². The Morgan fingerprint density at radius 2 is 1.90 bits per heavy atom. The molecular weight excluding hydrogens is 294 g/mol. The number of aliphatic hydroxyl groups excluding tert-OH is 1. The summed E-state index contributed by atoms with van der Waals surface area (Å²) in [5.41, 5.74) is -0.457. The number of hydrogen-bond acceptors (Lipinski definition) is 5. The van der Waals surface area contributed by atoms with Crippen molar-refractivity contribution < 1.29 is 23.0 Å². The molecule has 2 unspecified atom stereocenters. The molecule has 21 heavy (non-hydrogen) atoms. The van der Waals surface area contributed by atoms with Gasteiger partial charge in [-0.1, -0.05) is 13.8 Å². The Morgan fingerprint density at radius 3 is 2.52 bits per heavy atom. The van der Waals surface area contributed by atoms with Crippen molar-refractivity contribution in [1.82, 2.24) is 4.72 Å². The van der Waals surface area contributed by atoms with Crippen LogP contribution < -0.4 is 14.2 Å². The van der Waals surface area contributed by atoms with Crippen molar-refractivity contribution in [3.05, 3.63) is 18.2 Å². The van der Waals surface area contributed by atoms with E-state index in [1.54, 1.807) is 6.07 Å². The Morgan fingerprint density at radius 1 is 1.24 bits per heavy atom. The number of hydrogen-bond donors (Lipinski definition) is 2. The van der Waals surface area contributed by atoms with Gasteiger partial charge in [-0.15, -0.1) is 0 Å². The average Bonchev–Trinajstić information content (AvgIpc) is 2.46. The molecule has 2 N–H and O–H groups in total. The summed E-state index contributed by atoms with van der Waals surface area (Å²) >= 11 is 0. The minimum atomic E-state index is -3.64. The molecule has 2 aliphatic rings. The Balaban J connectivity index is 1.82. The molecule has 1 aliphatic carbocycles. The summed E-state index contributed by atoms with van der Waals surface area (Å²) in [6.07, 6.45) is -0.0537. The fourth-order valence-electron chi connectivity index (χ4n) is 2.55. The van der Waals surface area contributed by atoms with Crippen LogP contribution in [0, 0.1) is 5.41 Å². The first-order valence-corrected chi connectivity index (χ1v) is 8.39. The highest BCUT2D eigenvalue weighted by atomic mass is 32.2. The first-order chi connectivity index (χ1) is 9.80. The van der Waals surface area contributed by atoms with Crippen molar-refractivity contribution in [3.63, 3.8) is 0 Å². The molecule has 3 rings (SSSR count). The highest BCUT2D eigenvalue weighted by molar-refractivity contribution is 7.89. The van der Waals surface area contributed by atoms with E-state index in [1.807, 2.05) is 13.8 Å². The zero-order chi connectivity index (χ0) is 15.3. The summed E-state index contributed by atoms with van der Waals surface area (Å²) in [7, 11) is -3.64. The number of ether oxygens (including phenoxy) is 2. The Hall–Kier alpha value is -1.31. The summed E-state index contributed by atoms with van der Waals surface area (Å²) in [5, 5.41) is 9.70. The van der Waals surface area contributed by atoms with Crippen LogP contribution in [0.1, 0.15) is 20.3 Å². The third kappa shape index (κ3) is 2.49. The quantitative estimate of drug-likeness (QED) is 0.866. The molecule has 0 spiro atoms. The molecule has 0 amide bonds. The number of rotatable bonds is 3. The number of fused-ring (bicyclic) bond motifs is 1. The highest BCUT2D eigenvalue weighted by Crippen LogP contribution is 2.41. The van der Waals surface area contributed by atoms with Crippen LogP contribution in [0.3, 0.4) is 0 Å². The Kier molecular flexibility index (Phi) is 3.38. The van der Waals surface area contributed by atoms with Gasteiger partial charge in [-0.3, -0.25) is 0 Å². The van der Waals surface area contributed by atoms with E-state index in [9.17, 15) is 13.5 Å². The predicted octanol–water partition coefficient (Wildman–Crippen LogP) is 0.895. The van der Waals surface area contributed by atoms with Crippen molar-refractivity contribution in [2.75, 3.05) is 13.2 Å². The van der Waals surface area contributed by atoms with Crippen molar-refractivity contribution in [3.8, 4) is 11.5 Å². The molecule has 0 radical (unpaired) electrons.